The number of aromatic nitrogens is 3. The highest BCUT2D eigenvalue weighted by Gasteiger charge is 2.19. The molecule has 1 aliphatic heterocycles. The Morgan fingerprint density at radius 2 is 2.00 bits per heavy atom. The SMILES string of the molecule is CCc1nnc2n1CCN(C/C=C/c1ccccc1)C2. The molecule has 0 saturated heterocycles. The molecule has 104 valence electrons. The number of rotatable bonds is 4. The minimum atomic E-state index is 0.895. The molecular weight excluding hydrogens is 248 g/mol. The van der Waals surface area contributed by atoms with Gasteiger partial charge in [0.05, 0.1) is 6.54 Å². The molecule has 2 aromatic rings. The van der Waals surface area contributed by atoms with Crippen LogP contribution in [-0.4, -0.2) is 32.8 Å². The quantitative estimate of drug-likeness (QED) is 0.853. The van der Waals surface area contributed by atoms with Crippen molar-refractivity contribution in [2.45, 2.75) is 26.4 Å². The number of benzene rings is 1. The maximum Gasteiger partial charge on any atom is 0.147 e. The van der Waals surface area contributed by atoms with Gasteiger partial charge < -0.3 is 4.57 Å². The Hall–Kier alpha value is -1.94. The lowest BCUT2D eigenvalue weighted by Gasteiger charge is -2.26. The van der Waals surface area contributed by atoms with Gasteiger partial charge in [0.15, 0.2) is 0 Å². The predicted molar refractivity (Wildman–Crippen MR) is 80.2 cm³/mol. The summed E-state index contributed by atoms with van der Waals surface area (Å²) in [6.07, 6.45) is 5.36. The second-order valence-corrected chi connectivity index (χ2v) is 5.09. The first-order valence-electron chi connectivity index (χ1n) is 7.21. The molecular formula is C16H20N4. The van der Waals surface area contributed by atoms with Crippen molar-refractivity contribution in [1.82, 2.24) is 19.7 Å². The van der Waals surface area contributed by atoms with Gasteiger partial charge in [-0.1, -0.05) is 49.4 Å². The van der Waals surface area contributed by atoms with Crippen molar-refractivity contribution in [2.24, 2.45) is 0 Å². The highest BCUT2D eigenvalue weighted by Crippen LogP contribution is 2.12. The first-order chi connectivity index (χ1) is 9.86. The van der Waals surface area contributed by atoms with E-state index >= 15 is 0 Å². The predicted octanol–water partition coefficient (Wildman–Crippen LogP) is 2.37. The first-order valence-corrected chi connectivity index (χ1v) is 7.21. The largest absolute Gasteiger partial charge is 0.313 e. The Morgan fingerprint density at radius 3 is 2.80 bits per heavy atom. The molecule has 1 aromatic heterocycles. The van der Waals surface area contributed by atoms with Crippen molar-refractivity contribution >= 4 is 6.08 Å². The van der Waals surface area contributed by atoms with E-state index in [2.05, 4.69) is 63.0 Å². The molecule has 0 radical (unpaired) electrons. The van der Waals surface area contributed by atoms with E-state index in [1.165, 1.54) is 5.56 Å². The van der Waals surface area contributed by atoms with Crippen LogP contribution in [0.2, 0.25) is 0 Å². The zero-order chi connectivity index (χ0) is 13.8. The van der Waals surface area contributed by atoms with Crippen molar-refractivity contribution in [1.29, 1.82) is 0 Å². The fourth-order valence-corrected chi connectivity index (χ4v) is 2.59. The van der Waals surface area contributed by atoms with Gasteiger partial charge >= 0.3 is 0 Å². The summed E-state index contributed by atoms with van der Waals surface area (Å²) in [5.74, 6) is 2.21. The molecule has 3 rings (SSSR count). The molecule has 1 aliphatic rings. The Bertz CT molecular complexity index is 586. The standard InChI is InChI=1S/C16H20N4/c1-2-15-17-18-16-13-19(11-12-20(15)16)10-6-9-14-7-4-3-5-8-14/h3-9H,2,10-13H2,1H3/b9-6+. The molecule has 2 heterocycles. The summed E-state index contributed by atoms with van der Waals surface area (Å²) in [5.41, 5.74) is 1.25. The third-order valence-electron chi connectivity index (χ3n) is 3.70. The Morgan fingerprint density at radius 1 is 1.15 bits per heavy atom. The van der Waals surface area contributed by atoms with Crippen LogP contribution in [0.5, 0.6) is 0 Å². The lowest BCUT2D eigenvalue weighted by molar-refractivity contribution is 0.237. The summed E-state index contributed by atoms with van der Waals surface area (Å²) in [6, 6.07) is 10.4. The van der Waals surface area contributed by atoms with E-state index in [1.54, 1.807) is 0 Å². The molecule has 0 N–H and O–H groups in total. The smallest absolute Gasteiger partial charge is 0.147 e. The molecule has 20 heavy (non-hydrogen) atoms. The van der Waals surface area contributed by atoms with Crippen molar-refractivity contribution in [3.05, 3.63) is 53.6 Å². The third-order valence-corrected chi connectivity index (χ3v) is 3.70. The van der Waals surface area contributed by atoms with Gasteiger partial charge in [-0.2, -0.15) is 0 Å². The summed E-state index contributed by atoms with van der Waals surface area (Å²) in [5, 5.41) is 8.54. The number of hydrogen-bond donors (Lipinski definition) is 0. The first kappa shape index (κ1) is 13.1. The van der Waals surface area contributed by atoms with Crippen LogP contribution in [0.1, 0.15) is 24.1 Å². The zero-order valence-corrected chi connectivity index (χ0v) is 11.9. The van der Waals surface area contributed by atoms with Crippen molar-refractivity contribution in [3.63, 3.8) is 0 Å². The summed E-state index contributed by atoms with van der Waals surface area (Å²) in [7, 11) is 0. The Kier molecular flexibility index (Phi) is 3.92. The van der Waals surface area contributed by atoms with Crippen LogP contribution in [-0.2, 0) is 19.5 Å². The van der Waals surface area contributed by atoms with Gasteiger partial charge in [-0.3, -0.25) is 4.90 Å². The van der Waals surface area contributed by atoms with E-state index in [4.69, 9.17) is 0 Å². The molecule has 0 fully saturated rings. The summed E-state index contributed by atoms with van der Waals surface area (Å²) < 4.78 is 2.26. The van der Waals surface area contributed by atoms with E-state index in [0.29, 0.717) is 0 Å². The van der Waals surface area contributed by atoms with Crippen LogP contribution in [0.25, 0.3) is 6.08 Å². The van der Waals surface area contributed by atoms with Gasteiger partial charge in [-0.05, 0) is 5.56 Å². The summed E-state index contributed by atoms with van der Waals surface area (Å²) in [6.45, 7) is 6.06. The van der Waals surface area contributed by atoms with Gasteiger partial charge in [0.25, 0.3) is 0 Å². The molecule has 1 aromatic carbocycles. The van der Waals surface area contributed by atoms with Crippen molar-refractivity contribution in [3.8, 4) is 0 Å². The topological polar surface area (TPSA) is 34.0 Å². The van der Waals surface area contributed by atoms with Gasteiger partial charge in [0, 0.05) is 26.1 Å². The second kappa shape index (κ2) is 6.01. The molecule has 0 saturated carbocycles. The number of aryl methyl sites for hydroxylation is 1. The Labute approximate surface area is 119 Å². The number of fused-ring (bicyclic) bond motifs is 1. The van der Waals surface area contributed by atoms with Crippen LogP contribution in [0.3, 0.4) is 0 Å². The van der Waals surface area contributed by atoms with E-state index in [0.717, 1.165) is 44.2 Å². The molecule has 0 aliphatic carbocycles. The highest BCUT2D eigenvalue weighted by atomic mass is 15.3. The number of nitrogens with zero attached hydrogens (tertiary/aromatic N) is 4. The molecule has 4 heteroatoms. The summed E-state index contributed by atoms with van der Waals surface area (Å²) in [4.78, 5) is 2.41. The van der Waals surface area contributed by atoms with Crippen LogP contribution < -0.4 is 0 Å². The normalized spacial score (nSPS) is 15.7. The highest BCUT2D eigenvalue weighted by molar-refractivity contribution is 5.48. The van der Waals surface area contributed by atoms with Crippen LogP contribution in [0.4, 0.5) is 0 Å². The van der Waals surface area contributed by atoms with Gasteiger partial charge in [-0.15, -0.1) is 10.2 Å². The maximum absolute atomic E-state index is 4.29. The summed E-state index contributed by atoms with van der Waals surface area (Å²) >= 11 is 0. The third kappa shape index (κ3) is 2.80. The Balaban J connectivity index is 1.59. The lowest BCUT2D eigenvalue weighted by Crippen LogP contribution is -2.34. The van der Waals surface area contributed by atoms with Crippen LogP contribution >= 0.6 is 0 Å². The van der Waals surface area contributed by atoms with Gasteiger partial charge in [-0.25, -0.2) is 0 Å². The van der Waals surface area contributed by atoms with Crippen molar-refractivity contribution < 1.29 is 0 Å². The monoisotopic (exact) mass is 268 g/mol. The molecule has 0 bridgehead atoms. The van der Waals surface area contributed by atoms with E-state index in [9.17, 15) is 0 Å². The van der Waals surface area contributed by atoms with E-state index < -0.39 is 0 Å². The van der Waals surface area contributed by atoms with Crippen LogP contribution in [0.15, 0.2) is 36.4 Å². The van der Waals surface area contributed by atoms with E-state index in [-0.39, 0.29) is 0 Å². The van der Waals surface area contributed by atoms with Gasteiger partial charge in [0.1, 0.15) is 11.6 Å². The second-order valence-electron chi connectivity index (χ2n) is 5.09. The number of hydrogen-bond acceptors (Lipinski definition) is 3. The minimum Gasteiger partial charge on any atom is -0.313 e. The molecule has 4 nitrogen and oxygen atoms in total. The van der Waals surface area contributed by atoms with Gasteiger partial charge in [0.2, 0.25) is 0 Å². The zero-order valence-electron chi connectivity index (χ0n) is 11.9. The van der Waals surface area contributed by atoms with E-state index in [1.807, 2.05) is 6.07 Å². The minimum absolute atomic E-state index is 0.895. The molecule has 0 amide bonds. The molecule has 0 atom stereocenters. The molecule has 0 unspecified atom stereocenters. The fourth-order valence-electron chi connectivity index (χ4n) is 2.59. The van der Waals surface area contributed by atoms with Crippen molar-refractivity contribution in [2.75, 3.05) is 13.1 Å². The average Bonchev–Trinajstić information content (AvgIpc) is 2.90. The lowest BCUT2D eigenvalue weighted by atomic mass is 10.2. The average molecular weight is 268 g/mol. The van der Waals surface area contributed by atoms with Crippen LogP contribution in [0, 0.1) is 0 Å². The maximum atomic E-state index is 4.29. The molecule has 0 spiro atoms. The fraction of sp³-hybridized carbons (Fsp3) is 0.375.